The Morgan fingerprint density at radius 2 is 1.50 bits per heavy atom. The van der Waals surface area contributed by atoms with Crippen LogP contribution >= 0.6 is 0 Å². The maximum absolute atomic E-state index is 11.9. The maximum atomic E-state index is 11.9. The van der Waals surface area contributed by atoms with Crippen LogP contribution in [0.15, 0.2) is 71.5 Å². The molecule has 1 unspecified atom stereocenters. The van der Waals surface area contributed by atoms with Crippen molar-refractivity contribution >= 4 is 10.9 Å². The lowest BCUT2D eigenvalue weighted by molar-refractivity contribution is -0.0881. The molecule has 0 radical (unpaired) electrons. The van der Waals surface area contributed by atoms with Gasteiger partial charge in [-0.05, 0) is 84.0 Å². The van der Waals surface area contributed by atoms with Crippen molar-refractivity contribution in [3.8, 4) is 5.75 Å². The quantitative estimate of drug-likeness (QED) is 0.114. The highest BCUT2D eigenvalue weighted by Gasteiger charge is 2.17. The van der Waals surface area contributed by atoms with E-state index in [4.69, 9.17) is 19.9 Å². The van der Waals surface area contributed by atoms with Gasteiger partial charge in [-0.25, -0.2) is 0 Å². The molecule has 6 heteroatoms. The van der Waals surface area contributed by atoms with Gasteiger partial charge in [0.2, 0.25) is 5.56 Å². The first kappa shape index (κ1) is 38.7. The van der Waals surface area contributed by atoms with Gasteiger partial charge in [0.25, 0.3) is 0 Å². The molecule has 4 aromatic rings. The molecule has 6 nitrogen and oxygen atoms in total. The Bertz CT molecular complexity index is 1430. The highest BCUT2D eigenvalue weighted by molar-refractivity contribution is 5.87. The average Bonchev–Trinajstić information content (AvgIpc) is 3.58. The summed E-state index contributed by atoms with van der Waals surface area (Å²) in [6.07, 6.45) is 8.10. The van der Waals surface area contributed by atoms with E-state index in [1.54, 1.807) is 28.3 Å². The molecule has 0 spiro atoms. The Kier molecular flexibility index (Phi) is 18.6. The Morgan fingerprint density at radius 3 is 2.09 bits per heavy atom. The van der Waals surface area contributed by atoms with Gasteiger partial charge in [-0.15, -0.1) is 0 Å². The van der Waals surface area contributed by atoms with Gasteiger partial charge in [0.15, 0.2) is 0 Å². The van der Waals surface area contributed by atoms with Crippen LogP contribution in [0.3, 0.4) is 0 Å². The summed E-state index contributed by atoms with van der Waals surface area (Å²) in [6, 6.07) is 21.8. The molecule has 5 rings (SSSR count). The zero-order chi connectivity index (χ0) is 33.7. The molecule has 0 fully saturated rings. The largest absolute Gasteiger partial charge is 0.487 e. The Balaban J connectivity index is 0.000000359. The number of rotatable bonds is 13. The predicted octanol–water partition coefficient (Wildman–Crippen LogP) is 9.25. The Morgan fingerprint density at radius 1 is 0.848 bits per heavy atom. The van der Waals surface area contributed by atoms with E-state index in [-0.39, 0.29) is 18.5 Å². The minimum Gasteiger partial charge on any atom is -0.487 e. The minimum atomic E-state index is -0.340. The normalized spacial score (nSPS) is 12.1. The smallest absolute Gasteiger partial charge is 0.248 e. The van der Waals surface area contributed by atoms with E-state index in [0.717, 1.165) is 29.4 Å². The molecule has 0 bridgehead atoms. The molecule has 1 aliphatic rings. The zero-order valence-electron chi connectivity index (χ0n) is 29.4. The topological polar surface area (TPSA) is 86.6 Å². The predicted molar refractivity (Wildman–Crippen MR) is 194 cm³/mol. The molecule has 1 atom stereocenters. The van der Waals surface area contributed by atoms with E-state index in [1.165, 1.54) is 38.2 Å². The van der Waals surface area contributed by atoms with Crippen LogP contribution in [-0.4, -0.2) is 24.9 Å². The first-order valence-corrected chi connectivity index (χ1v) is 17.4. The third-order valence-electron chi connectivity index (χ3n) is 7.86. The SMILES string of the molecule is CC.CC.CCCCOCOC(CN)c1ccc(OCc2ccccc2)c2[nH]c(=O)ccc12.CCc1cc2c(cc1CC)CCC2. The van der Waals surface area contributed by atoms with E-state index in [0.29, 0.717) is 31.0 Å². The number of benzene rings is 3. The summed E-state index contributed by atoms with van der Waals surface area (Å²) >= 11 is 0. The Hall–Kier alpha value is -3.45. The number of nitrogens with one attached hydrogen (secondary N) is 1. The number of fused-ring (bicyclic) bond motifs is 2. The molecular weight excluding hydrogens is 572 g/mol. The number of ether oxygens (including phenoxy) is 3. The molecule has 3 N–H and O–H groups in total. The van der Waals surface area contributed by atoms with E-state index >= 15 is 0 Å². The van der Waals surface area contributed by atoms with Crippen molar-refractivity contribution in [1.29, 1.82) is 0 Å². The standard InChI is InChI=1S/C23H28N2O4.C13H18.2C2H6/c1-2-3-13-27-16-29-21(14-24)18-9-11-20(23-19(18)10-12-22(26)25-23)28-15-17-7-5-4-6-8-17;1-3-10-8-12-6-5-7-13(12)9-11(10)4-2;2*1-2/h4-12,21H,2-3,13-16,24H2,1H3,(H,25,26);8-9H,3-7H2,1-2H3;2*1-2H3. The zero-order valence-corrected chi connectivity index (χ0v) is 29.4. The fourth-order valence-corrected chi connectivity index (χ4v) is 5.49. The van der Waals surface area contributed by atoms with E-state index < -0.39 is 0 Å². The average molecular weight is 631 g/mol. The maximum Gasteiger partial charge on any atom is 0.248 e. The lowest BCUT2D eigenvalue weighted by Gasteiger charge is -2.19. The third kappa shape index (κ3) is 11.4. The van der Waals surface area contributed by atoms with Gasteiger partial charge in [-0.1, -0.05) is 103 Å². The number of unbranched alkanes of at least 4 members (excludes halogenated alkanes) is 1. The number of hydrogen-bond donors (Lipinski definition) is 2. The van der Waals surface area contributed by atoms with E-state index in [2.05, 4.69) is 37.9 Å². The second-order valence-corrected chi connectivity index (χ2v) is 10.8. The van der Waals surface area contributed by atoms with Gasteiger partial charge in [-0.2, -0.15) is 0 Å². The number of aromatic nitrogens is 1. The summed E-state index contributed by atoms with van der Waals surface area (Å²) in [6.45, 7) is 16.2. The van der Waals surface area contributed by atoms with Crippen LogP contribution in [0.4, 0.5) is 0 Å². The summed E-state index contributed by atoms with van der Waals surface area (Å²) in [5, 5.41) is 0.846. The van der Waals surface area contributed by atoms with Crippen LogP contribution in [0.1, 0.15) is 107 Å². The number of aromatic amines is 1. The first-order valence-electron chi connectivity index (χ1n) is 17.4. The number of nitrogens with two attached hydrogens (primary N) is 1. The van der Waals surface area contributed by atoms with Crippen LogP contribution < -0.4 is 16.0 Å². The van der Waals surface area contributed by atoms with E-state index in [1.807, 2.05) is 70.2 Å². The molecule has 0 saturated carbocycles. The second kappa shape index (κ2) is 22.1. The van der Waals surface area contributed by atoms with Crippen LogP contribution in [0.2, 0.25) is 0 Å². The lowest BCUT2D eigenvalue weighted by Crippen LogP contribution is -2.18. The fourth-order valence-electron chi connectivity index (χ4n) is 5.49. The number of pyridine rings is 1. The molecule has 0 amide bonds. The molecule has 46 heavy (non-hydrogen) atoms. The minimum absolute atomic E-state index is 0.180. The van der Waals surface area contributed by atoms with Crippen LogP contribution in [0.25, 0.3) is 10.9 Å². The van der Waals surface area contributed by atoms with Crippen molar-refractivity contribution in [3.63, 3.8) is 0 Å². The fraction of sp³-hybridized carbons (Fsp3) is 0.475. The number of aryl methyl sites for hydroxylation is 4. The van der Waals surface area contributed by atoms with Crippen LogP contribution in [0, 0.1) is 0 Å². The molecule has 1 heterocycles. The third-order valence-corrected chi connectivity index (χ3v) is 7.86. The Labute approximate surface area is 277 Å². The highest BCUT2D eigenvalue weighted by Crippen LogP contribution is 2.31. The molecule has 1 aromatic heterocycles. The van der Waals surface area contributed by atoms with Crippen LogP contribution in [-0.2, 0) is 41.8 Å². The van der Waals surface area contributed by atoms with Gasteiger partial charge in [0, 0.05) is 24.6 Å². The number of H-pyrrole nitrogens is 1. The van der Waals surface area contributed by atoms with Gasteiger partial charge < -0.3 is 24.9 Å². The van der Waals surface area contributed by atoms with Crippen molar-refractivity contribution in [2.24, 2.45) is 5.73 Å². The molecular formula is C40H58N2O4. The summed E-state index contributed by atoms with van der Waals surface area (Å²) < 4.78 is 17.3. The summed E-state index contributed by atoms with van der Waals surface area (Å²) in [5.74, 6) is 0.611. The molecule has 0 aliphatic heterocycles. The summed E-state index contributed by atoms with van der Waals surface area (Å²) in [4.78, 5) is 14.8. The monoisotopic (exact) mass is 630 g/mol. The number of hydrogen-bond acceptors (Lipinski definition) is 5. The van der Waals surface area contributed by atoms with Crippen molar-refractivity contribution < 1.29 is 14.2 Å². The van der Waals surface area contributed by atoms with Gasteiger partial charge in [0.05, 0.1) is 11.6 Å². The summed E-state index contributed by atoms with van der Waals surface area (Å²) in [7, 11) is 0. The van der Waals surface area contributed by atoms with E-state index in [9.17, 15) is 4.79 Å². The van der Waals surface area contributed by atoms with Gasteiger partial charge in [0.1, 0.15) is 19.1 Å². The molecule has 0 saturated heterocycles. The van der Waals surface area contributed by atoms with Crippen molar-refractivity contribution in [2.75, 3.05) is 19.9 Å². The van der Waals surface area contributed by atoms with Crippen LogP contribution in [0.5, 0.6) is 5.75 Å². The first-order chi connectivity index (χ1) is 22.6. The molecule has 252 valence electrons. The molecule has 1 aliphatic carbocycles. The summed E-state index contributed by atoms with van der Waals surface area (Å²) in [5.41, 5.74) is 14.7. The van der Waals surface area contributed by atoms with Gasteiger partial charge in [-0.3, -0.25) is 4.79 Å². The van der Waals surface area contributed by atoms with Gasteiger partial charge >= 0.3 is 0 Å². The second-order valence-electron chi connectivity index (χ2n) is 10.8. The highest BCUT2D eigenvalue weighted by atomic mass is 16.7. The van der Waals surface area contributed by atoms with Crippen molar-refractivity contribution in [3.05, 3.63) is 110 Å². The van der Waals surface area contributed by atoms with Crippen molar-refractivity contribution in [1.82, 2.24) is 4.98 Å². The van der Waals surface area contributed by atoms with Crippen molar-refractivity contribution in [2.45, 2.75) is 106 Å². The lowest BCUT2D eigenvalue weighted by atomic mass is 9.97. The molecule has 3 aromatic carbocycles.